The van der Waals surface area contributed by atoms with Crippen molar-refractivity contribution < 1.29 is 4.74 Å². The van der Waals surface area contributed by atoms with Gasteiger partial charge in [-0.3, -0.25) is 0 Å². The zero-order chi connectivity index (χ0) is 19.1. The minimum atomic E-state index is 0.324. The summed E-state index contributed by atoms with van der Waals surface area (Å²) in [6.07, 6.45) is 5.14. The third-order valence-electron chi connectivity index (χ3n) is 5.63. The van der Waals surface area contributed by atoms with Crippen LogP contribution in [0.25, 0.3) is 11.1 Å². The van der Waals surface area contributed by atoms with Crippen LogP contribution in [0.1, 0.15) is 56.6 Å². The SMILES string of the molecule is C=C(COCC1c2ccccc2-c2ccccc21)N(CC)CCCCCC. The second-order valence-corrected chi connectivity index (χ2v) is 7.45. The van der Waals surface area contributed by atoms with Crippen LogP contribution in [0.5, 0.6) is 0 Å². The molecule has 0 fully saturated rings. The van der Waals surface area contributed by atoms with Gasteiger partial charge in [-0.1, -0.05) is 81.3 Å². The first-order valence-electron chi connectivity index (χ1n) is 10.4. The summed E-state index contributed by atoms with van der Waals surface area (Å²) in [5.41, 5.74) is 6.58. The molecule has 0 spiro atoms. The molecule has 0 aromatic heterocycles. The van der Waals surface area contributed by atoms with Gasteiger partial charge in [0, 0.05) is 24.7 Å². The van der Waals surface area contributed by atoms with Crippen LogP contribution in [0.15, 0.2) is 60.8 Å². The quantitative estimate of drug-likeness (QED) is 0.439. The molecule has 144 valence electrons. The van der Waals surface area contributed by atoms with Gasteiger partial charge in [-0.2, -0.15) is 0 Å². The Labute approximate surface area is 164 Å². The third-order valence-corrected chi connectivity index (χ3v) is 5.63. The number of hydrogen-bond donors (Lipinski definition) is 0. The van der Waals surface area contributed by atoms with Gasteiger partial charge in [0.15, 0.2) is 0 Å². The standard InChI is InChI=1S/C25H33NO/c1-4-6-7-12-17-26(5-2)20(3)18-27-19-25-23-15-10-8-13-21(23)22-14-9-11-16-24(22)25/h8-11,13-16,25H,3-7,12,17-19H2,1-2H3. The van der Waals surface area contributed by atoms with Crippen molar-refractivity contribution in [3.8, 4) is 11.1 Å². The summed E-state index contributed by atoms with van der Waals surface area (Å²) in [5, 5.41) is 0. The number of nitrogens with zero attached hydrogens (tertiary/aromatic N) is 1. The molecular formula is C25H33NO. The molecule has 0 saturated heterocycles. The molecule has 0 aliphatic heterocycles. The lowest BCUT2D eigenvalue weighted by molar-refractivity contribution is 0.128. The van der Waals surface area contributed by atoms with E-state index in [1.807, 2.05) is 0 Å². The summed E-state index contributed by atoms with van der Waals surface area (Å²) in [5.74, 6) is 0.324. The highest BCUT2D eigenvalue weighted by molar-refractivity contribution is 5.78. The molecule has 1 aliphatic carbocycles. The number of fused-ring (bicyclic) bond motifs is 3. The van der Waals surface area contributed by atoms with Gasteiger partial charge < -0.3 is 9.64 Å². The Morgan fingerprint density at radius 2 is 1.56 bits per heavy atom. The Kier molecular flexibility index (Phi) is 7.11. The number of benzene rings is 2. The van der Waals surface area contributed by atoms with E-state index in [2.05, 4.69) is 73.9 Å². The van der Waals surface area contributed by atoms with Crippen molar-refractivity contribution >= 4 is 0 Å². The fourth-order valence-corrected chi connectivity index (χ4v) is 4.09. The molecule has 0 N–H and O–H groups in total. The first-order chi connectivity index (χ1) is 13.3. The van der Waals surface area contributed by atoms with E-state index in [-0.39, 0.29) is 0 Å². The van der Waals surface area contributed by atoms with Crippen molar-refractivity contribution in [1.82, 2.24) is 4.90 Å². The van der Waals surface area contributed by atoms with E-state index < -0.39 is 0 Å². The number of ether oxygens (including phenoxy) is 1. The molecular weight excluding hydrogens is 330 g/mol. The predicted molar refractivity (Wildman–Crippen MR) is 115 cm³/mol. The van der Waals surface area contributed by atoms with Crippen molar-refractivity contribution in [2.75, 3.05) is 26.3 Å². The molecule has 1 aliphatic rings. The Morgan fingerprint density at radius 1 is 0.926 bits per heavy atom. The van der Waals surface area contributed by atoms with Crippen molar-refractivity contribution in [3.63, 3.8) is 0 Å². The Morgan fingerprint density at radius 3 is 2.15 bits per heavy atom. The Hall–Kier alpha value is -2.06. The van der Waals surface area contributed by atoms with E-state index in [9.17, 15) is 0 Å². The molecule has 0 unspecified atom stereocenters. The van der Waals surface area contributed by atoms with Crippen LogP contribution in [0.4, 0.5) is 0 Å². The lowest BCUT2D eigenvalue weighted by Gasteiger charge is -2.26. The Balaban J connectivity index is 1.56. The molecule has 0 amide bonds. The van der Waals surface area contributed by atoms with Gasteiger partial charge >= 0.3 is 0 Å². The van der Waals surface area contributed by atoms with E-state index in [1.54, 1.807) is 0 Å². The summed E-state index contributed by atoms with van der Waals surface area (Å²) in [4.78, 5) is 2.37. The van der Waals surface area contributed by atoms with Crippen molar-refractivity contribution in [2.24, 2.45) is 0 Å². The maximum absolute atomic E-state index is 6.16. The Bertz CT molecular complexity index is 706. The monoisotopic (exact) mass is 363 g/mol. The molecule has 2 aromatic rings. The summed E-state index contributed by atoms with van der Waals surface area (Å²) >= 11 is 0. The summed E-state index contributed by atoms with van der Waals surface area (Å²) in [7, 11) is 0. The fraction of sp³-hybridized carbons (Fsp3) is 0.440. The average Bonchev–Trinajstić information content (AvgIpc) is 3.02. The molecule has 2 heteroatoms. The van der Waals surface area contributed by atoms with Crippen molar-refractivity contribution in [2.45, 2.75) is 45.4 Å². The van der Waals surface area contributed by atoms with E-state index in [0.717, 1.165) is 18.8 Å². The molecule has 3 rings (SSSR count). The molecule has 0 atom stereocenters. The molecule has 2 aromatic carbocycles. The maximum Gasteiger partial charge on any atom is 0.0858 e. The normalized spacial score (nSPS) is 12.7. The minimum Gasteiger partial charge on any atom is -0.374 e. The third kappa shape index (κ3) is 4.62. The predicted octanol–water partition coefficient (Wildman–Crippen LogP) is 6.23. The lowest BCUT2D eigenvalue weighted by Crippen LogP contribution is -2.26. The highest BCUT2D eigenvalue weighted by atomic mass is 16.5. The van der Waals surface area contributed by atoms with Crippen LogP contribution in [-0.4, -0.2) is 31.2 Å². The summed E-state index contributed by atoms with van der Waals surface area (Å²) < 4.78 is 6.16. The van der Waals surface area contributed by atoms with Crippen LogP contribution >= 0.6 is 0 Å². The van der Waals surface area contributed by atoms with Crippen molar-refractivity contribution in [1.29, 1.82) is 0 Å². The highest BCUT2D eigenvalue weighted by Crippen LogP contribution is 2.44. The zero-order valence-corrected chi connectivity index (χ0v) is 16.9. The molecule has 0 radical (unpaired) electrons. The second-order valence-electron chi connectivity index (χ2n) is 7.45. The van der Waals surface area contributed by atoms with Crippen LogP contribution in [0.2, 0.25) is 0 Å². The highest BCUT2D eigenvalue weighted by Gasteiger charge is 2.28. The molecule has 2 nitrogen and oxygen atoms in total. The number of unbranched alkanes of at least 4 members (excludes halogenated alkanes) is 3. The topological polar surface area (TPSA) is 12.5 Å². The minimum absolute atomic E-state index is 0.324. The van der Waals surface area contributed by atoms with Crippen LogP contribution in [-0.2, 0) is 4.74 Å². The van der Waals surface area contributed by atoms with Gasteiger partial charge in [0.2, 0.25) is 0 Å². The first kappa shape index (κ1) is 19.7. The van der Waals surface area contributed by atoms with Crippen LogP contribution < -0.4 is 0 Å². The van der Waals surface area contributed by atoms with E-state index in [4.69, 9.17) is 4.74 Å². The zero-order valence-electron chi connectivity index (χ0n) is 16.9. The summed E-state index contributed by atoms with van der Waals surface area (Å²) in [6.45, 7) is 12.2. The maximum atomic E-state index is 6.16. The van der Waals surface area contributed by atoms with Gasteiger partial charge in [-0.25, -0.2) is 0 Å². The molecule has 0 saturated carbocycles. The van der Waals surface area contributed by atoms with Gasteiger partial charge in [0.25, 0.3) is 0 Å². The van der Waals surface area contributed by atoms with Crippen LogP contribution in [0.3, 0.4) is 0 Å². The number of rotatable bonds is 11. The lowest BCUT2D eigenvalue weighted by atomic mass is 9.98. The molecule has 0 bridgehead atoms. The van der Waals surface area contributed by atoms with E-state index in [1.165, 1.54) is 47.9 Å². The second kappa shape index (κ2) is 9.75. The number of hydrogen-bond acceptors (Lipinski definition) is 2. The largest absolute Gasteiger partial charge is 0.374 e. The van der Waals surface area contributed by atoms with Crippen molar-refractivity contribution in [3.05, 3.63) is 71.9 Å². The average molecular weight is 364 g/mol. The molecule has 0 heterocycles. The van der Waals surface area contributed by atoms with Crippen LogP contribution in [0, 0.1) is 0 Å². The van der Waals surface area contributed by atoms with E-state index in [0.29, 0.717) is 19.1 Å². The van der Waals surface area contributed by atoms with E-state index >= 15 is 0 Å². The first-order valence-corrected chi connectivity index (χ1v) is 10.4. The van der Waals surface area contributed by atoms with Gasteiger partial charge in [0.1, 0.15) is 0 Å². The van der Waals surface area contributed by atoms with Gasteiger partial charge in [0.05, 0.1) is 13.2 Å². The van der Waals surface area contributed by atoms with Gasteiger partial charge in [-0.15, -0.1) is 0 Å². The molecule has 27 heavy (non-hydrogen) atoms. The van der Waals surface area contributed by atoms with Gasteiger partial charge in [-0.05, 0) is 35.6 Å². The summed E-state index contributed by atoms with van der Waals surface area (Å²) in [6, 6.07) is 17.4. The fourth-order valence-electron chi connectivity index (χ4n) is 4.09. The number of likely N-dealkylation sites (N-methyl/N-ethyl adjacent to an activating group) is 1. The smallest absolute Gasteiger partial charge is 0.0858 e.